The molecular weight excluding hydrogens is 232 g/mol. The largest absolute Gasteiger partial charge is 0.469 e. The normalized spacial score (nSPS) is 49.1. The van der Waals surface area contributed by atoms with Gasteiger partial charge in [0.05, 0.1) is 19.8 Å². The predicted octanol–water partition coefficient (Wildman–Crippen LogP) is -0.0644. The molecule has 2 saturated heterocycles. The van der Waals surface area contributed by atoms with Crippen LogP contribution in [0.5, 0.6) is 0 Å². The van der Waals surface area contributed by atoms with Gasteiger partial charge in [0.2, 0.25) is 0 Å². The van der Waals surface area contributed by atoms with E-state index in [0.717, 1.165) is 0 Å². The first-order chi connectivity index (χ1) is 7.68. The molecule has 2 fully saturated rings. The van der Waals surface area contributed by atoms with Gasteiger partial charge in [0.1, 0.15) is 16.8 Å². The van der Waals surface area contributed by atoms with Gasteiger partial charge in [-0.15, -0.1) is 0 Å². The van der Waals surface area contributed by atoms with Crippen molar-refractivity contribution in [1.82, 2.24) is 0 Å². The number of carbonyl (C=O) groups is 1. The van der Waals surface area contributed by atoms with Crippen molar-refractivity contribution in [3.63, 3.8) is 0 Å². The van der Waals surface area contributed by atoms with E-state index in [4.69, 9.17) is 13.7 Å². The van der Waals surface area contributed by atoms with Crippen molar-refractivity contribution in [2.45, 2.75) is 23.4 Å². The van der Waals surface area contributed by atoms with E-state index in [1.807, 2.05) is 12.2 Å². The number of ether oxygens (including phenoxy) is 2. The summed E-state index contributed by atoms with van der Waals surface area (Å²) in [5, 5.41) is -0.427. The highest BCUT2D eigenvalue weighted by molar-refractivity contribution is 7.81. The van der Waals surface area contributed by atoms with Gasteiger partial charge < -0.3 is 9.47 Å². The first-order valence-electron chi connectivity index (χ1n) is 5.17. The maximum atomic E-state index is 11.9. The third-order valence-electron chi connectivity index (χ3n) is 3.46. The average molecular weight is 244 g/mol. The average Bonchev–Trinajstić information content (AvgIpc) is 2.82. The number of rotatable bonds is 1. The zero-order valence-electron chi connectivity index (χ0n) is 8.75. The smallest absolute Gasteiger partial charge is 0.313 e. The van der Waals surface area contributed by atoms with Crippen LogP contribution in [0.3, 0.4) is 0 Å². The molecule has 3 aliphatic rings. The van der Waals surface area contributed by atoms with Crippen molar-refractivity contribution in [2.24, 2.45) is 5.92 Å². The van der Waals surface area contributed by atoms with Crippen molar-refractivity contribution in [3.8, 4) is 0 Å². The Morgan fingerprint density at radius 1 is 1.62 bits per heavy atom. The van der Waals surface area contributed by atoms with Gasteiger partial charge in [0.15, 0.2) is 11.1 Å². The fourth-order valence-corrected chi connectivity index (χ4v) is 4.22. The van der Waals surface area contributed by atoms with Crippen LogP contribution in [0, 0.1) is 5.92 Å². The van der Waals surface area contributed by atoms with Crippen molar-refractivity contribution < 1.29 is 22.7 Å². The lowest BCUT2D eigenvalue weighted by Gasteiger charge is -2.34. The Morgan fingerprint density at radius 2 is 2.44 bits per heavy atom. The van der Waals surface area contributed by atoms with Crippen molar-refractivity contribution >= 4 is 17.0 Å². The van der Waals surface area contributed by atoms with Crippen molar-refractivity contribution in [2.75, 3.05) is 13.7 Å². The summed E-state index contributed by atoms with van der Waals surface area (Å²) in [7, 11) is 1.33. The van der Waals surface area contributed by atoms with Gasteiger partial charge in [-0.3, -0.25) is 8.98 Å². The topological polar surface area (TPSA) is 61.8 Å². The van der Waals surface area contributed by atoms with Gasteiger partial charge in [-0.05, 0) is 0 Å². The standard InChI is InChI=1S/C10H12O5S/c1-13-9(11)7-6-2-3-10(15-6)4-5-14-16(12)8(7)10/h2-3,6-8H,4-5H2,1H3/t6-,7+,8-,10-,16?/m1/s1. The number of methoxy groups -OCH3 is 1. The number of hydrogen-bond donors (Lipinski definition) is 0. The molecule has 0 amide bonds. The highest BCUT2D eigenvalue weighted by Gasteiger charge is 2.63. The fourth-order valence-electron chi connectivity index (χ4n) is 2.74. The van der Waals surface area contributed by atoms with E-state index in [1.165, 1.54) is 7.11 Å². The molecule has 2 bridgehead atoms. The van der Waals surface area contributed by atoms with Crippen LogP contribution in [0.4, 0.5) is 0 Å². The van der Waals surface area contributed by atoms with Crippen LogP contribution < -0.4 is 0 Å². The van der Waals surface area contributed by atoms with Gasteiger partial charge in [-0.25, -0.2) is 4.21 Å². The lowest BCUT2D eigenvalue weighted by atomic mass is 9.84. The van der Waals surface area contributed by atoms with Gasteiger partial charge in [0.25, 0.3) is 0 Å². The minimum absolute atomic E-state index is 0.317. The lowest BCUT2D eigenvalue weighted by Crippen LogP contribution is -2.50. The molecule has 0 aromatic heterocycles. The van der Waals surface area contributed by atoms with Crippen LogP contribution >= 0.6 is 0 Å². The molecule has 3 rings (SSSR count). The molecule has 16 heavy (non-hydrogen) atoms. The Balaban J connectivity index is 2.01. The van der Waals surface area contributed by atoms with Gasteiger partial charge in [0, 0.05) is 6.42 Å². The Hall–Kier alpha value is -0.720. The van der Waals surface area contributed by atoms with E-state index >= 15 is 0 Å². The molecule has 6 heteroatoms. The van der Waals surface area contributed by atoms with E-state index in [2.05, 4.69) is 0 Å². The van der Waals surface area contributed by atoms with Gasteiger partial charge in [-0.2, -0.15) is 0 Å². The van der Waals surface area contributed by atoms with Crippen LogP contribution in [0.25, 0.3) is 0 Å². The minimum atomic E-state index is -1.48. The highest BCUT2D eigenvalue weighted by Crippen LogP contribution is 2.49. The van der Waals surface area contributed by atoms with Gasteiger partial charge >= 0.3 is 5.97 Å². The molecule has 0 aliphatic carbocycles. The summed E-state index contributed by atoms with van der Waals surface area (Å²) in [6.07, 6.45) is 4.11. The molecule has 0 aromatic rings. The summed E-state index contributed by atoms with van der Waals surface area (Å²) >= 11 is -1.48. The summed E-state index contributed by atoms with van der Waals surface area (Å²) in [5.74, 6) is -0.879. The molecule has 1 unspecified atom stereocenters. The van der Waals surface area contributed by atoms with Gasteiger partial charge in [-0.1, -0.05) is 12.2 Å². The van der Waals surface area contributed by atoms with E-state index in [1.54, 1.807) is 0 Å². The quantitative estimate of drug-likeness (QED) is 0.477. The minimum Gasteiger partial charge on any atom is -0.469 e. The Kier molecular flexibility index (Phi) is 2.21. The maximum Gasteiger partial charge on any atom is 0.313 e. The molecule has 0 saturated carbocycles. The zero-order chi connectivity index (χ0) is 11.3. The molecule has 88 valence electrons. The van der Waals surface area contributed by atoms with E-state index in [0.29, 0.717) is 13.0 Å². The SMILES string of the molecule is COC(=O)[C@H]1[C@H]2C=C[C@]3(CCOS(=O)[C@H]13)O2. The van der Waals surface area contributed by atoms with Crippen LogP contribution in [-0.2, 0) is 29.5 Å². The Labute approximate surface area is 95.4 Å². The molecule has 5 nitrogen and oxygen atoms in total. The predicted molar refractivity (Wildman–Crippen MR) is 54.7 cm³/mol. The third-order valence-corrected chi connectivity index (χ3v) is 4.96. The van der Waals surface area contributed by atoms with Crippen LogP contribution in [0.2, 0.25) is 0 Å². The molecule has 0 aromatic carbocycles. The second-order valence-electron chi connectivity index (χ2n) is 4.20. The summed E-state index contributed by atoms with van der Waals surface area (Å²) in [4.78, 5) is 11.7. The molecular formula is C10H12O5S. The number of fused-ring (bicyclic) bond motifs is 1. The summed E-state index contributed by atoms with van der Waals surface area (Å²) in [5.41, 5.74) is -0.577. The molecule has 5 atom stereocenters. The molecule has 0 N–H and O–H groups in total. The number of hydrogen-bond acceptors (Lipinski definition) is 5. The molecule has 0 radical (unpaired) electrons. The summed E-state index contributed by atoms with van der Waals surface area (Å²) in [6.45, 7) is 0.397. The zero-order valence-corrected chi connectivity index (χ0v) is 9.57. The van der Waals surface area contributed by atoms with E-state index < -0.39 is 27.8 Å². The first-order valence-corrected chi connectivity index (χ1v) is 6.31. The Morgan fingerprint density at radius 3 is 3.19 bits per heavy atom. The third kappa shape index (κ3) is 1.18. The van der Waals surface area contributed by atoms with Crippen molar-refractivity contribution in [1.29, 1.82) is 0 Å². The molecule has 3 aliphatic heterocycles. The Bertz CT molecular complexity index is 393. The number of carbonyl (C=O) groups excluding carboxylic acids is 1. The first kappa shape index (κ1) is 10.4. The van der Waals surface area contributed by atoms with E-state index in [9.17, 15) is 9.00 Å². The van der Waals surface area contributed by atoms with Crippen LogP contribution in [-0.4, -0.2) is 40.8 Å². The van der Waals surface area contributed by atoms with Crippen molar-refractivity contribution in [3.05, 3.63) is 12.2 Å². The van der Waals surface area contributed by atoms with E-state index in [-0.39, 0.29) is 12.1 Å². The second kappa shape index (κ2) is 3.38. The number of esters is 1. The summed E-state index contributed by atoms with van der Waals surface area (Å²) < 4.78 is 27.5. The maximum absolute atomic E-state index is 11.9. The fraction of sp³-hybridized carbons (Fsp3) is 0.700. The van der Waals surface area contributed by atoms with Crippen LogP contribution in [0.1, 0.15) is 6.42 Å². The second-order valence-corrected chi connectivity index (χ2v) is 5.46. The highest BCUT2D eigenvalue weighted by atomic mass is 32.2. The molecule has 1 spiro atoms. The molecule has 3 heterocycles. The monoisotopic (exact) mass is 244 g/mol. The summed E-state index contributed by atoms with van der Waals surface area (Å²) in [6, 6.07) is 0. The lowest BCUT2D eigenvalue weighted by molar-refractivity contribution is -0.146. The van der Waals surface area contributed by atoms with Crippen LogP contribution in [0.15, 0.2) is 12.2 Å².